The van der Waals surface area contributed by atoms with Crippen LogP contribution in [0.15, 0.2) is 18.7 Å². The van der Waals surface area contributed by atoms with Crippen molar-refractivity contribution < 1.29 is 27.0 Å². The minimum atomic E-state index is -3.93. The highest BCUT2D eigenvalue weighted by Gasteiger charge is 2.37. The summed E-state index contributed by atoms with van der Waals surface area (Å²) in [5.74, 6) is 0.0559. The monoisotopic (exact) mass is 555 g/mol. The molecule has 0 aromatic carbocycles. The molecule has 4 atom stereocenters. The molecule has 0 unspecified atom stereocenters. The van der Waals surface area contributed by atoms with Crippen molar-refractivity contribution in [3.63, 3.8) is 0 Å². The normalized spacial score (nSPS) is 19.5. The lowest BCUT2D eigenvalue weighted by Crippen LogP contribution is -2.30. The van der Waals surface area contributed by atoms with E-state index < -0.39 is 33.1 Å². The van der Waals surface area contributed by atoms with E-state index in [0.717, 1.165) is 0 Å². The maximum absolute atomic E-state index is 14.1. The average Bonchev–Trinajstić information content (AvgIpc) is 3.50. The molecule has 0 bridgehead atoms. The number of nitrogens with zero attached hydrogens (tertiary/aromatic N) is 7. The molecule has 0 radical (unpaired) electrons. The fraction of sp³-hybridized carbons (Fsp3) is 0.545. The zero-order valence-corrected chi connectivity index (χ0v) is 22.3. The van der Waals surface area contributed by atoms with Gasteiger partial charge >= 0.3 is 0 Å². The highest BCUT2D eigenvalue weighted by Crippen LogP contribution is 2.39. The molecule has 0 aliphatic heterocycles. The Hall–Kier alpha value is -2.97. The van der Waals surface area contributed by atoms with Crippen molar-refractivity contribution in [2.45, 2.75) is 55.4 Å². The summed E-state index contributed by atoms with van der Waals surface area (Å²) in [6.45, 7) is 1.50. The molecule has 1 saturated carbocycles. The molecule has 0 spiro atoms. The summed E-state index contributed by atoms with van der Waals surface area (Å²) in [6.07, 6.45) is 3.17. The number of rotatable bonds is 10. The Kier molecular flexibility index (Phi) is 8.19. The summed E-state index contributed by atoms with van der Waals surface area (Å²) in [5, 5.41) is 7.73. The Morgan fingerprint density at radius 3 is 2.27 bits per heavy atom. The van der Waals surface area contributed by atoms with Crippen LogP contribution in [0.1, 0.15) is 55.7 Å². The number of aromatic nitrogens is 7. The molecule has 0 amide bonds. The lowest BCUT2D eigenvalue weighted by atomic mass is 10.1. The van der Waals surface area contributed by atoms with Crippen molar-refractivity contribution in [1.29, 1.82) is 0 Å². The quantitative estimate of drug-likeness (QED) is 0.364. The van der Waals surface area contributed by atoms with Crippen molar-refractivity contribution in [2.75, 3.05) is 21.3 Å². The number of methoxy groups -OCH3 is 3. The van der Waals surface area contributed by atoms with Crippen LogP contribution in [0.3, 0.4) is 0 Å². The number of alkyl halides is 1. The standard InChI is InChI=1S/C22H27ClFN7O5S/c1-12(18(34-2)19-25-8-14(23)9-26-19)37(32,33)10-16-29-30-20(13-5-6-15(24)7-13)31(16)17-21(35-3)27-11-28-22(17)36-4/h8-9,11-13,15,18H,5-7,10H2,1-4H3/t12-,13-,15-,18-/m0/s1. The minimum absolute atomic E-state index is 0.0717. The molecule has 3 aromatic rings. The number of hydrogen-bond donors (Lipinski definition) is 0. The van der Waals surface area contributed by atoms with Gasteiger partial charge in [-0.2, -0.15) is 9.97 Å². The van der Waals surface area contributed by atoms with E-state index in [1.807, 2.05) is 0 Å². The Labute approximate surface area is 218 Å². The largest absolute Gasteiger partial charge is 0.479 e. The Bertz CT molecular complexity index is 1320. The van der Waals surface area contributed by atoms with Gasteiger partial charge in [-0.1, -0.05) is 11.6 Å². The first-order chi connectivity index (χ1) is 17.7. The lowest BCUT2D eigenvalue weighted by molar-refractivity contribution is 0.0948. The predicted molar refractivity (Wildman–Crippen MR) is 130 cm³/mol. The van der Waals surface area contributed by atoms with Crippen LogP contribution in [-0.4, -0.2) is 75.9 Å². The molecular weight excluding hydrogens is 529 g/mol. The van der Waals surface area contributed by atoms with Crippen LogP contribution in [0.5, 0.6) is 11.8 Å². The van der Waals surface area contributed by atoms with Gasteiger partial charge in [0.1, 0.15) is 30.2 Å². The van der Waals surface area contributed by atoms with Gasteiger partial charge in [-0.3, -0.25) is 4.57 Å². The molecule has 1 aliphatic rings. The maximum Gasteiger partial charge on any atom is 0.245 e. The highest BCUT2D eigenvalue weighted by molar-refractivity contribution is 7.91. The molecule has 37 heavy (non-hydrogen) atoms. The first-order valence-corrected chi connectivity index (χ1v) is 13.5. The predicted octanol–water partition coefficient (Wildman–Crippen LogP) is 2.81. The van der Waals surface area contributed by atoms with E-state index in [-0.39, 0.29) is 41.4 Å². The summed E-state index contributed by atoms with van der Waals surface area (Å²) in [6, 6.07) is 0. The van der Waals surface area contributed by atoms with E-state index in [1.165, 1.54) is 51.5 Å². The van der Waals surface area contributed by atoms with Crippen LogP contribution in [0.4, 0.5) is 4.39 Å². The molecule has 0 N–H and O–H groups in total. The van der Waals surface area contributed by atoms with Gasteiger partial charge in [0.2, 0.25) is 11.8 Å². The van der Waals surface area contributed by atoms with Crippen LogP contribution in [0.2, 0.25) is 5.02 Å². The first kappa shape index (κ1) is 27.1. The molecule has 15 heteroatoms. The second-order valence-corrected chi connectivity index (χ2v) is 11.4. The SMILES string of the molecule is COc1ncnc(OC)c1-n1c(CS(=O)(=O)[C@@H](C)[C@H](OC)c2ncc(Cl)cn2)nnc1[C@H]1CC[C@H](F)C1. The van der Waals surface area contributed by atoms with E-state index in [9.17, 15) is 12.8 Å². The van der Waals surface area contributed by atoms with Gasteiger partial charge in [-0.25, -0.2) is 22.8 Å². The Morgan fingerprint density at radius 1 is 1.08 bits per heavy atom. The van der Waals surface area contributed by atoms with Gasteiger partial charge in [0.15, 0.2) is 27.2 Å². The van der Waals surface area contributed by atoms with E-state index in [0.29, 0.717) is 23.7 Å². The van der Waals surface area contributed by atoms with Gasteiger partial charge in [-0.05, 0) is 26.2 Å². The number of hydrogen-bond acceptors (Lipinski definition) is 11. The summed E-state index contributed by atoms with van der Waals surface area (Å²) >= 11 is 5.87. The molecule has 3 heterocycles. The zero-order valence-electron chi connectivity index (χ0n) is 20.7. The molecule has 0 saturated heterocycles. The maximum atomic E-state index is 14.1. The van der Waals surface area contributed by atoms with E-state index in [1.54, 1.807) is 0 Å². The molecule has 1 aliphatic carbocycles. The third-order valence-corrected chi connectivity index (χ3v) is 8.56. The van der Waals surface area contributed by atoms with Gasteiger partial charge in [0.05, 0.1) is 24.5 Å². The molecule has 3 aromatic heterocycles. The third kappa shape index (κ3) is 5.50. The van der Waals surface area contributed by atoms with Gasteiger partial charge in [0.25, 0.3) is 0 Å². The molecule has 200 valence electrons. The van der Waals surface area contributed by atoms with Crippen molar-refractivity contribution >= 4 is 21.4 Å². The van der Waals surface area contributed by atoms with Crippen molar-refractivity contribution in [1.82, 2.24) is 34.7 Å². The third-order valence-electron chi connectivity index (χ3n) is 6.33. The minimum Gasteiger partial charge on any atom is -0.479 e. The second-order valence-electron chi connectivity index (χ2n) is 8.59. The van der Waals surface area contributed by atoms with E-state index >= 15 is 0 Å². The zero-order chi connectivity index (χ0) is 26.7. The van der Waals surface area contributed by atoms with Crippen molar-refractivity contribution in [2.24, 2.45) is 0 Å². The topological polar surface area (TPSA) is 144 Å². The smallest absolute Gasteiger partial charge is 0.245 e. The van der Waals surface area contributed by atoms with Crippen molar-refractivity contribution in [3.05, 3.63) is 41.2 Å². The van der Waals surface area contributed by atoms with Gasteiger partial charge in [-0.15, -0.1) is 10.2 Å². The summed E-state index contributed by atoms with van der Waals surface area (Å²) in [5.41, 5.74) is 0.233. The van der Waals surface area contributed by atoms with Gasteiger partial charge < -0.3 is 14.2 Å². The Morgan fingerprint density at radius 2 is 1.73 bits per heavy atom. The second kappa shape index (κ2) is 11.2. The molecule has 4 rings (SSSR count). The van der Waals surface area contributed by atoms with Gasteiger partial charge in [0, 0.05) is 25.4 Å². The van der Waals surface area contributed by atoms with Crippen LogP contribution < -0.4 is 9.47 Å². The molecule has 1 fully saturated rings. The first-order valence-electron chi connectivity index (χ1n) is 11.4. The number of ether oxygens (including phenoxy) is 3. The molecular formula is C22H27ClFN7O5S. The van der Waals surface area contributed by atoms with Crippen molar-refractivity contribution in [3.8, 4) is 17.4 Å². The average molecular weight is 556 g/mol. The lowest BCUT2D eigenvalue weighted by Gasteiger charge is -2.22. The fourth-order valence-corrected chi connectivity index (χ4v) is 5.92. The van der Waals surface area contributed by atoms with Crippen LogP contribution in [-0.2, 0) is 20.3 Å². The Balaban J connectivity index is 1.78. The summed E-state index contributed by atoms with van der Waals surface area (Å²) in [4.78, 5) is 16.5. The highest BCUT2D eigenvalue weighted by atomic mass is 35.5. The fourth-order valence-electron chi connectivity index (χ4n) is 4.41. The number of sulfone groups is 1. The van der Waals surface area contributed by atoms with Crippen LogP contribution in [0.25, 0.3) is 5.69 Å². The summed E-state index contributed by atoms with van der Waals surface area (Å²) in [7, 11) is 0.269. The van der Waals surface area contributed by atoms with Crippen LogP contribution in [0, 0.1) is 0 Å². The number of halogens is 2. The molecule has 12 nitrogen and oxygen atoms in total. The van der Waals surface area contributed by atoms with E-state index in [2.05, 4.69) is 30.1 Å². The summed E-state index contributed by atoms with van der Waals surface area (Å²) < 4.78 is 59.2. The van der Waals surface area contributed by atoms with E-state index in [4.69, 9.17) is 25.8 Å². The van der Waals surface area contributed by atoms with Crippen LogP contribution >= 0.6 is 11.6 Å².